The Hall–Kier alpha value is -2.27. The van der Waals surface area contributed by atoms with Crippen molar-refractivity contribution in [2.75, 3.05) is 50.5 Å². The van der Waals surface area contributed by atoms with Gasteiger partial charge in [0.15, 0.2) is 0 Å². The van der Waals surface area contributed by atoms with Gasteiger partial charge in [-0.05, 0) is 48.4 Å². The normalized spacial score (nSPS) is 15.5. The molecule has 1 saturated heterocycles. The molecular weight excluding hydrogens is 305 g/mol. The van der Waals surface area contributed by atoms with Gasteiger partial charge in [0, 0.05) is 38.4 Å². The maximum Gasteiger partial charge on any atom is 0.141 e. The fraction of sp³-hybridized carbons (Fsp3) is 0.368. The summed E-state index contributed by atoms with van der Waals surface area (Å²) in [6.07, 6.45) is 0.977. The van der Waals surface area contributed by atoms with Gasteiger partial charge in [0.1, 0.15) is 11.6 Å². The zero-order chi connectivity index (χ0) is 16.9. The predicted octanol–water partition coefficient (Wildman–Crippen LogP) is 2.78. The third kappa shape index (κ3) is 3.97. The van der Waals surface area contributed by atoms with Crippen LogP contribution in [0.2, 0.25) is 0 Å². The highest BCUT2D eigenvalue weighted by molar-refractivity contribution is 5.54. The zero-order valence-corrected chi connectivity index (χ0v) is 14.0. The van der Waals surface area contributed by atoms with E-state index in [1.807, 2.05) is 24.3 Å². The summed E-state index contributed by atoms with van der Waals surface area (Å²) in [5.74, 6) is 0.544. The summed E-state index contributed by atoms with van der Waals surface area (Å²) in [5.41, 5.74) is 8.98. The van der Waals surface area contributed by atoms with Crippen LogP contribution in [0.4, 0.5) is 15.8 Å². The Morgan fingerprint density at radius 3 is 2.38 bits per heavy atom. The van der Waals surface area contributed by atoms with Crippen molar-refractivity contribution in [3.05, 3.63) is 53.8 Å². The minimum absolute atomic E-state index is 0.184. The molecular formula is C19H24FN3O. The van der Waals surface area contributed by atoms with E-state index < -0.39 is 0 Å². The van der Waals surface area contributed by atoms with E-state index in [9.17, 15) is 4.39 Å². The molecule has 0 radical (unpaired) electrons. The molecule has 0 aromatic heterocycles. The van der Waals surface area contributed by atoms with Gasteiger partial charge < -0.3 is 15.4 Å². The molecule has 0 bridgehead atoms. The molecule has 1 heterocycles. The second kappa shape index (κ2) is 7.53. The van der Waals surface area contributed by atoms with Gasteiger partial charge in [-0.3, -0.25) is 4.90 Å². The number of piperazine rings is 1. The molecule has 4 nitrogen and oxygen atoms in total. The Kier molecular flexibility index (Phi) is 5.20. The van der Waals surface area contributed by atoms with Crippen molar-refractivity contribution in [2.45, 2.75) is 6.42 Å². The number of rotatable bonds is 5. The number of ether oxygens (including phenoxy) is 1. The Balaban J connectivity index is 1.49. The minimum atomic E-state index is -0.184. The van der Waals surface area contributed by atoms with Gasteiger partial charge in [0.05, 0.1) is 12.8 Å². The van der Waals surface area contributed by atoms with Crippen molar-refractivity contribution in [3.63, 3.8) is 0 Å². The summed E-state index contributed by atoms with van der Waals surface area (Å²) in [6.45, 7) is 4.99. The van der Waals surface area contributed by atoms with Gasteiger partial charge in [-0.25, -0.2) is 4.39 Å². The summed E-state index contributed by atoms with van der Waals surface area (Å²) in [4.78, 5) is 4.77. The van der Waals surface area contributed by atoms with Gasteiger partial charge >= 0.3 is 0 Å². The maximum atomic E-state index is 13.0. The summed E-state index contributed by atoms with van der Waals surface area (Å²) < 4.78 is 18.2. The Morgan fingerprint density at radius 1 is 1.04 bits per heavy atom. The van der Waals surface area contributed by atoms with E-state index >= 15 is 0 Å². The van der Waals surface area contributed by atoms with Crippen LogP contribution in [0.15, 0.2) is 42.5 Å². The highest BCUT2D eigenvalue weighted by Crippen LogP contribution is 2.22. The van der Waals surface area contributed by atoms with Crippen LogP contribution in [-0.4, -0.2) is 44.7 Å². The number of methoxy groups -OCH3 is 1. The fourth-order valence-electron chi connectivity index (χ4n) is 3.11. The first kappa shape index (κ1) is 16.6. The van der Waals surface area contributed by atoms with Crippen molar-refractivity contribution in [1.29, 1.82) is 0 Å². The van der Waals surface area contributed by atoms with E-state index in [0.29, 0.717) is 5.69 Å². The van der Waals surface area contributed by atoms with Gasteiger partial charge in [0.25, 0.3) is 0 Å². The van der Waals surface area contributed by atoms with E-state index in [-0.39, 0.29) is 5.82 Å². The molecule has 0 unspecified atom stereocenters. The quantitative estimate of drug-likeness (QED) is 0.857. The molecule has 2 N–H and O–H groups in total. The SMILES string of the molecule is COc1ccc(CCN2CCN(c3ccc(F)cc3)CC2)cc1N. The summed E-state index contributed by atoms with van der Waals surface area (Å²) in [7, 11) is 1.63. The summed E-state index contributed by atoms with van der Waals surface area (Å²) >= 11 is 0. The van der Waals surface area contributed by atoms with E-state index in [1.54, 1.807) is 7.11 Å². The molecule has 1 aliphatic heterocycles. The van der Waals surface area contributed by atoms with Crippen LogP contribution in [0.3, 0.4) is 0 Å². The first-order valence-corrected chi connectivity index (χ1v) is 8.31. The fourth-order valence-corrected chi connectivity index (χ4v) is 3.11. The molecule has 5 heteroatoms. The van der Waals surface area contributed by atoms with Crippen LogP contribution in [-0.2, 0) is 6.42 Å². The second-order valence-electron chi connectivity index (χ2n) is 6.13. The Bertz CT molecular complexity index is 667. The van der Waals surface area contributed by atoms with Crippen LogP contribution in [0, 0.1) is 5.82 Å². The molecule has 0 saturated carbocycles. The maximum absolute atomic E-state index is 13.0. The average molecular weight is 329 g/mol. The lowest BCUT2D eigenvalue weighted by Gasteiger charge is -2.36. The van der Waals surface area contributed by atoms with Gasteiger partial charge in [0.2, 0.25) is 0 Å². The van der Waals surface area contributed by atoms with Gasteiger partial charge in [-0.1, -0.05) is 6.07 Å². The van der Waals surface area contributed by atoms with E-state index in [4.69, 9.17) is 10.5 Å². The molecule has 1 fully saturated rings. The molecule has 2 aromatic carbocycles. The van der Waals surface area contributed by atoms with Crippen molar-refractivity contribution in [2.24, 2.45) is 0 Å². The predicted molar refractivity (Wildman–Crippen MR) is 96.2 cm³/mol. The second-order valence-corrected chi connectivity index (χ2v) is 6.13. The van der Waals surface area contributed by atoms with Gasteiger partial charge in [-0.15, -0.1) is 0 Å². The first-order valence-electron chi connectivity index (χ1n) is 8.31. The molecule has 128 valence electrons. The number of hydrogen-bond donors (Lipinski definition) is 1. The number of anilines is 2. The largest absolute Gasteiger partial charge is 0.495 e. The third-order valence-electron chi connectivity index (χ3n) is 4.57. The first-order chi connectivity index (χ1) is 11.7. The minimum Gasteiger partial charge on any atom is -0.495 e. The van der Waals surface area contributed by atoms with E-state index in [0.717, 1.165) is 50.6 Å². The average Bonchev–Trinajstić information content (AvgIpc) is 2.61. The van der Waals surface area contributed by atoms with Crippen molar-refractivity contribution in [1.82, 2.24) is 4.90 Å². The highest BCUT2D eigenvalue weighted by atomic mass is 19.1. The van der Waals surface area contributed by atoms with Crippen molar-refractivity contribution >= 4 is 11.4 Å². The Morgan fingerprint density at radius 2 is 1.75 bits per heavy atom. The topological polar surface area (TPSA) is 41.7 Å². The van der Waals surface area contributed by atoms with Gasteiger partial charge in [-0.2, -0.15) is 0 Å². The monoisotopic (exact) mass is 329 g/mol. The molecule has 0 spiro atoms. The number of hydrogen-bond acceptors (Lipinski definition) is 4. The van der Waals surface area contributed by atoms with Crippen LogP contribution in [0.5, 0.6) is 5.75 Å². The number of nitrogens with zero attached hydrogens (tertiary/aromatic N) is 2. The van der Waals surface area contributed by atoms with Crippen molar-refractivity contribution in [3.8, 4) is 5.75 Å². The van der Waals surface area contributed by atoms with E-state index in [1.165, 1.54) is 17.7 Å². The molecule has 0 amide bonds. The molecule has 0 atom stereocenters. The zero-order valence-electron chi connectivity index (χ0n) is 14.0. The Labute approximate surface area is 142 Å². The molecule has 0 aliphatic carbocycles. The molecule has 2 aromatic rings. The number of nitrogen functional groups attached to an aromatic ring is 1. The van der Waals surface area contributed by atoms with Crippen molar-refractivity contribution < 1.29 is 9.13 Å². The van der Waals surface area contributed by atoms with Crippen LogP contribution < -0.4 is 15.4 Å². The molecule has 24 heavy (non-hydrogen) atoms. The number of halogens is 1. The number of nitrogens with two attached hydrogens (primary N) is 1. The lowest BCUT2D eigenvalue weighted by atomic mass is 10.1. The number of benzene rings is 2. The summed E-state index contributed by atoms with van der Waals surface area (Å²) in [5, 5.41) is 0. The standard InChI is InChI=1S/C19H24FN3O/c1-24-19-7-2-15(14-18(19)21)8-9-22-10-12-23(13-11-22)17-5-3-16(20)4-6-17/h2-7,14H,8-13,21H2,1H3. The highest BCUT2D eigenvalue weighted by Gasteiger charge is 2.17. The van der Waals surface area contributed by atoms with Crippen LogP contribution in [0.25, 0.3) is 0 Å². The smallest absolute Gasteiger partial charge is 0.141 e. The molecule has 3 rings (SSSR count). The van der Waals surface area contributed by atoms with Crippen LogP contribution >= 0.6 is 0 Å². The lowest BCUT2D eigenvalue weighted by Crippen LogP contribution is -2.47. The summed E-state index contributed by atoms with van der Waals surface area (Å²) in [6, 6.07) is 12.7. The molecule has 1 aliphatic rings. The van der Waals surface area contributed by atoms with E-state index in [2.05, 4.69) is 15.9 Å². The lowest BCUT2D eigenvalue weighted by molar-refractivity contribution is 0.261. The van der Waals surface area contributed by atoms with Crippen LogP contribution in [0.1, 0.15) is 5.56 Å². The third-order valence-corrected chi connectivity index (χ3v) is 4.57.